The molecule has 0 fully saturated rings. The third-order valence-electron chi connectivity index (χ3n) is 3.38. The number of benzene rings is 2. The lowest BCUT2D eigenvalue weighted by Gasteiger charge is -2.15. The Morgan fingerprint density at radius 3 is 2.30 bits per heavy atom. The average Bonchev–Trinajstić information content (AvgIpc) is 2.46. The van der Waals surface area contributed by atoms with Crippen LogP contribution in [0, 0.1) is 0 Å². The highest BCUT2D eigenvalue weighted by atomic mass is 35.5. The number of carbonyl (C=O) groups excluding carboxylic acids is 1. The molecule has 0 saturated heterocycles. The van der Waals surface area contributed by atoms with Crippen molar-refractivity contribution < 1.29 is 4.79 Å². The number of anilines is 1. The number of aldehydes is 1. The predicted molar refractivity (Wildman–Crippen MR) is 84.7 cm³/mol. The van der Waals surface area contributed by atoms with Crippen LogP contribution in [0.25, 0.3) is 0 Å². The van der Waals surface area contributed by atoms with Crippen molar-refractivity contribution in [3.8, 4) is 0 Å². The summed E-state index contributed by atoms with van der Waals surface area (Å²) in [7, 11) is 4.01. The first-order chi connectivity index (χ1) is 9.61. The monoisotopic (exact) mass is 287 g/mol. The summed E-state index contributed by atoms with van der Waals surface area (Å²) in [5, 5.41) is 0.648. The van der Waals surface area contributed by atoms with Gasteiger partial charge in [-0.2, -0.15) is 0 Å². The second-order valence-corrected chi connectivity index (χ2v) is 5.44. The van der Waals surface area contributed by atoms with Gasteiger partial charge in [0, 0.05) is 30.7 Å². The molecule has 104 valence electrons. The van der Waals surface area contributed by atoms with Crippen molar-refractivity contribution in [2.45, 2.75) is 12.3 Å². The van der Waals surface area contributed by atoms with Gasteiger partial charge in [-0.3, -0.25) is 0 Å². The molecule has 20 heavy (non-hydrogen) atoms. The molecule has 0 heterocycles. The number of carbonyl (C=O) groups is 1. The van der Waals surface area contributed by atoms with E-state index in [-0.39, 0.29) is 5.92 Å². The number of hydrogen-bond donors (Lipinski definition) is 0. The minimum Gasteiger partial charge on any atom is -0.378 e. The third-order valence-corrected chi connectivity index (χ3v) is 3.72. The van der Waals surface area contributed by atoms with Gasteiger partial charge in [-0.15, -0.1) is 0 Å². The lowest BCUT2D eigenvalue weighted by atomic mass is 9.93. The van der Waals surface area contributed by atoms with E-state index in [2.05, 4.69) is 29.2 Å². The van der Waals surface area contributed by atoms with Gasteiger partial charge in [0.2, 0.25) is 0 Å². The number of rotatable bonds is 5. The Bertz CT molecular complexity index is 578. The second kappa shape index (κ2) is 6.58. The average molecular weight is 288 g/mol. The minimum absolute atomic E-state index is 0.200. The maximum absolute atomic E-state index is 11.4. The van der Waals surface area contributed by atoms with Crippen LogP contribution in [0.3, 0.4) is 0 Å². The van der Waals surface area contributed by atoms with Crippen molar-refractivity contribution in [2.24, 2.45) is 0 Å². The van der Waals surface area contributed by atoms with Gasteiger partial charge in [0.1, 0.15) is 6.29 Å². The van der Waals surface area contributed by atoms with Gasteiger partial charge in [0.25, 0.3) is 0 Å². The van der Waals surface area contributed by atoms with Crippen molar-refractivity contribution in [2.75, 3.05) is 19.0 Å². The third kappa shape index (κ3) is 3.40. The molecule has 1 atom stereocenters. The fraction of sp³-hybridized carbons (Fsp3) is 0.235. The molecule has 0 radical (unpaired) electrons. The molecule has 3 heteroatoms. The molecule has 2 nitrogen and oxygen atoms in total. The number of nitrogens with zero attached hydrogens (tertiary/aromatic N) is 1. The van der Waals surface area contributed by atoms with Gasteiger partial charge in [-0.1, -0.05) is 41.9 Å². The zero-order chi connectivity index (χ0) is 14.5. The molecule has 2 rings (SSSR count). The summed E-state index contributed by atoms with van der Waals surface area (Å²) in [5.41, 5.74) is 3.17. The van der Waals surface area contributed by atoms with Crippen molar-refractivity contribution >= 4 is 23.6 Å². The summed E-state index contributed by atoms with van der Waals surface area (Å²) in [6, 6.07) is 15.8. The van der Waals surface area contributed by atoms with Crippen LogP contribution in [0.15, 0.2) is 48.5 Å². The minimum atomic E-state index is -0.200. The Hall–Kier alpha value is -1.80. The highest BCUT2D eigenvalue weighted by Crippen LogP contribution is 2.26. The summed E-state index contributed by atoms with van der Waals surface area (Å²) < 4.78 is 0. The Morgan fingerprint density at radius 2 is 1.75 bits per heavy atom. The van der Waals surface area contributed by atoms with Crippen LogP contribution in [0.1, 0.15) is 17.0 Å². The van der Waals surface area contributed by atoms with Gasteiger partial charge in [0.05, 0.1) is 0 Å². The van der Waals surface area contributed by atoms with E-state index >= 15 is 0 Å². The van der Waals surface area contributed by atoms with E-state index < -0.39 is 0 Å². The normalized spacial score (nSPS) is 11.9. The Morgan fingerprint density at radius 1 is 1.10 bits per heavy atom. The second-order valence-electron chi connectivity index (χ2n) is 5.03. The van der Waals surface area contributed by atoms with E-state index in [4.69, 9.17) is 11.6 Å². The summed E-state index contributed by atoms with van der Waals surface area (Å²) in [5.74, 6) is -0.200. The van der Waals surface area contributed by atoms with E-state index in [1.807, 2.05) is 38.4 Å². The molecule has 0 spiro atoms. The van der Waals surface area contributed by atoms with Gasteiger partial charge in [0.15, 0.2) is 0 Å². The SMILES string of the molecule is CN(C)c1ccc(CC(C=O)c2ccccc2Cl)cc1. The highest BCUT2D eigenvalue weighted by molar-refractivity contribution is 6.31. The predicted octanol–water partition coefficient (Wildman–Crippen LogP) is 3.93. The molecule has 0 aliphatic rings. The van der Waals surface area contributed by atoms with Crippen LogP contribution in [-0.4, -0.2) is 20.4 Å². The number of hydrogen-bond acceptors (Lipinski definition) is 2. The molecule has 0 aliphatic heterocycles. The Kier molecular flexibility index (Phi) is 4.80. The lowest BCUT2D eigenvalue weighted by molar-refractivity contribution is -0.109. The topological polar surface area (TPSA) is 20.3 Å². The van der Waals surface area contributed by atoms with E-state index in [0.717, 1.165) is 23.1 Å². The summed E-state index contributed by atoms with van der Waals surface area (Å²) >= 11 is 6.17. The van der Waals surface area contributed by atoms with Crippen molar-refractivity contribution in [3.05, 3.63) is 64.7 Å². The molecule has 1 unspecified atom stereocenters. The van der Waals surface area contributed by atoms with E-state index in [1.165, 1.54) is 0 Å². The van der Waals surface area contributed by atoms with Crippen LogP contribution in [-0.2, 0) is 11.2 Å². The molecule has 0 bridgehead atoms. The van der Waals surface area contributed by atoms with Crippen molar-refractivity contribution in [1.82, 2.24) is 0 Å². The highest BCUT2D eigenvalue weighted by Gasteiger charge is 2.14. The Labute approximate surface area is 125 Å². The lowest BCUT2D eigenvalue weighted by Crippen LogP contribution is -2.09. The van der Waals surface area contributed by atoms with Gasteiger partial charge in [-0.25, -0.2) is 0 Å². The number of halogens is 1. The van der Waals surface area contributed by atoms with Gasteiger partial charge < -0.3 is 9.69 Å². The van der Waals surface area contributed by atoms with Crippen LogP contribution < -0.4 is 4.90 Å². The van der Waals surface area contributed by atoms with Crippen LogP contribution in [0.5, 0.6) is 0 Å². The molecule has 2 aromatic rings. The summed E-state index contributed by atoms with van der Waals surface area (Å²) in [6.45, 7) is 0. The molecular formula is C17H18ClNO. The molecule has 2 aromatic carbocycles. The maximum Gasteiger partial charge on any atom is 0.127 e. The smallest absolute Gasteiger partial charge is 0.127 e. The first-order valence-electron chi connectivity index (χ1n) is 6.58. The molecule has 0 amide bonds. The maximum atomic E-state index is 11.4. The fourth-order valence-electron chi connectivity index (χ4n) is 2.19. The fourth-order valence-corrected chi connectivity index (χ4v) is 2.47. The Balaban J connectivity index is 2.18. The first kappa shape index (κ1) is 14.6. The van der Waals surface area contributed by atoms with Crippen LogP contribution >= 0.6 is 11.6 Å². The van der Waals surface area contributed by atoms with Crippen molar-refractivity contribution in [3.63, 3.8) is 0 Å². The zero-order valence-electron chi connectivity index (χ0n) is 11.7. The van der Waals surface area contributed by atoms with E-state index in [1.54, 1.807) is 0 Å². The van der Waals surface area contributed by atoms with E-state index in [9.17, 15) is 4.79 Å². The van der Waals surface area contributed by atoms with E-state index in [0.29, 0.717) is 11.4 Å². The molecule has 0 aliphatic carbocycles. The molecule has 0 aromatic heterocycles. The standard InChI is InChI=1S/C17H18ClNO/c1-19(2)15-9-7-13(8-10-15)11-14(12-20)16-5-3-4-6-17(16)18/h3-10,12,14H,11H2,1-2H3. The summed E-state index contributed by atoms with van der Waals surface area (Å²) in [4.78, 5) is 13.4. The molecule has 0 N–H and O–H groups in total. The molecule has 0 saturated carbocycles. The summed E-state index contributed by atoms with van der Waals surface area (Å²) in [6.07, 6.45) is 1.64. The van der Waals surface area contributed by atoms with Gasteiger partial charge in [-0.05, 0) is 35.7 Å². The van der Waals surface area contributed by atoms with Gasteiger partial charge >= 0.3 is 0 Å². The van der Waals surface area contributed by atoms with Crippen LogP contribution in [0.4, 0.5) is 5.69 Å². The van der Waals surface area contributed by atoms with Crippen LogP contribution in [0.2, 0.25) is 5.02 Å². The quantitative estimate of drug-likeness (QED) is 0.777. The molecular weight excluding hydrogens is 270 g/mol. The largest absolute Gasteiger partial charge is 0.378 e. The zero-order valence-corrected chi connectivity index (χ0v) is 12.5. The van der Waals surface area contributed by atoms with Crippen molar-refractivity contribution in [1.29, 1.82) is 0 Å². The first-order valence-corrected chi connectivity index (χ1v) is 6.95.